The molecule has 1 amide bonds. The second-order valence-corrected chi connectivity index (χ2v) is 7.21. The number of benzene rings is 1. The van der Waals surface area contributed by atoms with Crippen LogP contribution < -0.4 is 15.8 Å². The molecule has 0 bridgehead atoms. The zero-order chi connectivity index (χ0) is 18.0. The van der Waals surface area contributed by atoms with Crippen molar-refractivity contribution in [2.75, 3.05) is 18.0 Å². The fourth-order valence-electron chi connectivity index (χ4n) is 3.09. The Morgan fingerprint density at radius 3 is 2.60 bits per heavy atom. The van der Waals surface area contributed by atoms with E-state index < -0.39 is 0 Å². The SMILES string of the molecule is CC(C)C(C)NC(=O)C1CCN(c2nc3ccccc3c(=O)[nH]2)CC1. The van der Waals surface area contributed by atoms with Crippen molar-refractivity contribution in [3.8, 4) is 0 Å². The third-order valence-corrected chi connectivity index (χ3v) is 5.14. The quantitative estimate of drug-likeness (QED) is 0.894. The molecular weight excluding hydrogens is 316 g/mol. The van der Waals surface area contributed by atoms with E-state index in [0.717, 1.165) is 25.9 Å². The first-order valence-electron chi connectivity index (χ1n) is 9.00. The van der Waals surface area contributed by atoms with Crippen LogP contribution in [0.5, 0.6) is 0 Å². The van der Waals surface area contributed by atoms with E-state index in [1.807, 2.05) is 25.1 Å². The van der Waals surface area contributed by atoms with Gasteiger partial charge in [-0.25, -0.2) is 4.98 Å². The molecule has 3 rings (SSSR count). The van der Waals surface area contributed by atoms with Gasteiger partial charge >= 0.3 is 0 Å². The summed E-state index contributed by atoms with van der Waals surface area (Å²) < 4.78 is 0. The lowest BCUT2D eigenvalue weighted by Gasteiger charge is -2.32. The average Bonchev–Trinajstić information content (AvgIpc) is 2.61. The Balaban J connectivity index is 1.66. The van der Waals surface area contributed by atoms with Crippen LogP contribution in [0.1, 0.15) is 33.6 Å². The lowest BCUT2D eigenvalue weighted by Crippen LogP contribution is -2.45. The van der Waals surface area contributed by atoms with Gasteiger partial charge in [0.1, 0.15) is 0 Å². The molecule has 1 aromatic heterocycles. The molecule has 1 unspecified atom stereocenters. The van der Waals surface area contributed by atoms with E-state index in [-0.39, 0.29) is 23.4 Å². The number of amides is 1. The Morgan fingerprint density at radius 1 is 1.24 bits per heavy atom. The second kappa shape index (κ2) is 7.25. The van der Waals surface area contributed by atoms with Crippen LogP contribution in [0.25, 0.3) is 10.9 Å². The molecule has 0 radical (unpaired) electrons. The summed E-state index contributed by atoms with van der Waals surface area (Å²) in [5.41, 5.74) is 0.582. The first-order valence-corrected chi connectivity index (χ1v) is 9.00. The normalized spacial score (nSPS) is 17.0. The summed E-state index contributed by atoms with van der Waals surface area (Å²) in [7, 11) is 0. The maximum atomic E-state index is 12.4. The number of hydrogen-bond acceptors (Lipinski definition) is 4. The van der Waals surface area contributed by atoms with Crippen LogP contribution in [0.4, 0.5) is 5.95 Å². The molecule has 2 N–H and O–H groups in total. The van der Waals surface area contributed by atoms with E-state index in [1.54, 1.807) is 6.07 Å². The van der Waals surface area contributed by atoms with Gasteiger partial charge in [-0.05, 0) is 37.8 Å². The smallest absolute Gasteiger partial charge is 0.260 e. The van der Waals surface area contributed by atoms with Gasteiger partial charge in [-0.15, -0.1) is 0 Å². The topological polar surface area (TPSA) is 78.1 Å². The van der Waals surface area contributed by atoms with E-state index in [0.29, 0.717) is 22.8 Å². The van der Waals surface area contributed by atoms with Crippen molar-refractivity contribution in [3.05, 3.63) is 34.6 Å². The number of hydrogen-bond donors (Lipinski definition) is 2. The maximum absolute atomic E-state index is 12.4. The van der Waals surface area contributed by atoms with Gasteiger partial charge in [-0.2, -0.15) is 0 Å². The van der Waals surface area contributed by atoms with Gasteiger partial charge in [0.25, 0.3) is 5.56 Å². The standard InChI is InChI=1S/C19H26N4O2/c1-12(2)13(3)20-17(24)14-8-10-23(11-9-14)19-21-16-7-5-4-6-15(16)18(25)22-19/h4-7,12-14H,8-11H2,1-3H3,(H,20,24)(H,21,22,25). The number of carbonyl (C=O) groups is 1. The van der Waals surface area contributed by atoms with Crippen molar-refractivity contribution >= 4 is 22.8 Å². The number of nitrogens with one attached hydrogen (secondary N) is 2. The number of para-hydroxylation sites is 1. The van der Waals surface area contributed by atoms with E-state index >= 15 is 0 Å². The summed E-state index contributed by atoms with van der Waals surface area (Å²) in [4.78, 5) is 34.1. The summed E-state index contributed by atoms with van der Waals surface area (Å²) in [5, 5.41) is 3.71. The van der Waals surface area contributed by atoms with Crippen LogP contribution in [-0.2, 0) is 4.79 Å². The van der Waals surface area contributed by atoms with Crippen molar-refractivity contribution < 1.29 is 4.79 Å². The summed E-state index contributed by atoms with van der Waals surface area (Å²) in [6, 6.07) is 7.52. The third kappa shape index (κ3) is 3.83. The predicted octanol–water partition coefficient (Wildman–Crippen LogP) is 2.30. The Bertz CT molecular complexity index is 806. The monoisotopic (exact) mass is 342 g/mol. The Morgan fingerprint density at radius 2 is 1.92 bits per heavy atom. The molecule has 1 aliphatic rings. The lowest BCUT2D eigenvalue weighted by molar-refractivity contribution is -0.126. The average molecular weight is 342 g/mol. The zero-order valence-electron chi connectivity index (χ0n) is 15.1. The molecule has 0 aliphatic carbocycles. The number of piperidine rings is 1. The molecule has 1 atom stereocenters. The molecule has 2 heterocycles. The first kappa shape index (κ1) is 17.5. The maximum Gasteiger partial charge on any atom is 0.260 e. The van der Waals surface area contributed by atoms with Gasteiger partial charge in [-0.1, -0.05) is 26.0 Å². The Kier molecular flexibility index (Phi) is 5.06. The van der Waals surface area contributed by atoms with Crippen LogP contribution in [0.2, 0.25) is 0 Å². The minimum Gasteiger partial charge on any atom is -0.353 e. The molecule has 6 nitrogen and oxygen atoms in total. The third-order valence-electron chi connectivity index (χ3n) is 5.14. The number of anilines is 1. The number of H-pyrrole nitrogens is 1. The number of nitrogens with zero attached hydrogens (tertiary/aromatic N) is 2. The molecule has 1 aliphatic heterocycles. The molecule has 0 spiro atoms. The molecule has 1 saturated heterocycles. The Labute approximate surface area is 147 Å². The Hall–Kier alpha value is -2.37. The largest absolute Gasteiger partial charge is 0.353 e. The van der Waals surface area contributed by atoms with Gasteiger partial charge < -0.3 is 10.2 Å². The fraction of sp³-hybridized carbons (Fsp3) is 0.526. The van der Waals surface area contributed by atoms with E-state index in [4.69, 9.17) is 0 Å². The molecule has 0 saturated carbocycles. The highest BCUT2D eigenvalue weighted by molar-refractivity contribution is 5.80. The molecule has 6 heteroatoms. The second-order valence-electron chi connectivity index (χ2n) is 7.21. The first-order chi connectivity index (χ1) is 12.0. The number of aromatic amines is 1. The minimum atomic E-state index is -0.119. The summed E-state index contributed by atoms with van der Waals surface area (Å²) in [6.07, 6.45) is 1.54. The predicted molar refractivity (Wildman–Crippen MR) is 99.7 cm³/mol. The van der Waals surface area contributed by atoms with Gasteiger partial charge in [0.15, 0.2) is 0 Å². The fourth-order valence-corrected chi connectivity index (χ4v) is 3.09. The number of carbonyl (C=O) groups excluding carboxylic acids is 1. The number of rotatable bonds is 4. The summed E-state index contributed by atoms with van der Waals surface area (Å²) in [6.45, 7) is 7.69. The van der Waals surface area contributed by atoms with Gasteiger partial charge in [0.05, 0.1) is 10.9 Å². The summed E-state index contributed by atoms with van der Waals surface area (Å²) >= 11 is 0. The molecular formula is C19H26N4O2. The van der Waals surface area contributed by atoms with Crippen molar-refractivity contribution in [2.45, 2.75) is 39.7 Å². The van der Waals surface area contributed by atoms with E-state index in [9.17, 15) is 9.59 Å². The highest BCUT2D eigenvalue weighted by Gasteiger charge is 2.27. The highest BCUT2D eigenvalue weighted by atomic mass is 16.2. The number of fused-ring (bicyclic) bond motifs is 1. The molecule has 25 heavy (non-hydrogen) atoms. The number of aromatic nitrogens is 2. The van der Waals surface area contributed by atoms with Gasteiger partial charge in [0, 0.05) is 25.0 Å². The van der Waals surface area contributed by atoms with Crippen molar-refractivity contribution in [3.63, 3.8) is 0 Å². The van der Waals surface area contributed by atoms with Crippen molar-refractivity contribution in [2.24, 2.45) is 11.8 Å². The lowest BCUT2D eigenvalue weighted by atomic mass is 9.95. The van der Waals surface area contributed by atoms with Crippen LogP contribution >= 0.6 is 0 Å². The van der Waals surface area contributed by atoms with E-state index in [2.05, 4.69) is 34.0 Å². The van der Waals surface area contributed by atoms with Crippen molar-refractivity contribution in [1.29, 1.82) is 0 Å². The zero-order valence-corrected chi connectivity index (χ0v) is 15.1. The molecule has 134 valence electrons. The minimum absolute atomic E-state index is 0.0321. The van der Waals surface area contributed by atoms with Gasteiger partial charge in [-0.3, -0.25) is 14.6 Å². The van der Waals surface area contributed by atoms with E-state index in [1.165, 1.54) is 0 Å². The summed E-state index contributed by atoms with van der Waals surface area (Å²) in [5.74, 6) is 1.19. The van der Waals surface area contributed by atoms with Crippen molar-refractivity contribution in [1.82, 2.24) is 15.3 Å². The molecule has 2 aromatic rings. The van der Waals surface area contributed by atoms with Crippen LogP contribution in [0, 0.1) is 11.8 Å². The highest BCUT2D eigenvalue weighted by Crippen LogP contribution is 2.21. The molecule has 1 fully saturated rings. The van der Waals surface area contributed by atoms with Crippen LogP contribution in [0.15, 0.2) is 29.1 Å². The van der Waals surface area contributed by atoms with Crippen LogP contribution in [-0.4, -0.2) is 35.0 Å². The van der Waals surface area contributed by atoms with Gasteiger partial charge in [0.2, 0.25) is 11.9 Å². The van der Waals surface area contributed by atoms with Crippen LogP contribution in [0.3, 0.4) is 0 Å². The molecule has 1 aromatic carbocycles.